The Morgan fingerprint density at radius 2 is 2.00 bits per heavy atom. The van der Waals surface area contributed by atoms with Gasteiger partial charge in [0.2, 0.25) is 0 Å². The Morgan fingerprint density at radius 1 is 1.31 bits per heavy atom. The van der Waals surface area contributed by atoms with Gasteiger partial charge < -0.3 is 5.73 Å². The molecule has 0 aliphatic heterocycles. The highest BCUT2D eigenvalue weighted by atomic mass is 14.5. The molecule has 0 spiro atoms. The smallest absolute Gasteiger partial charge is 0.0393 e. The first-order chi connectivity index (χ1) is 6.20. The van der Waals surface area contributed by atoms with E-state index in [1.54, 1.807) is 0 Å². The van der Waals surface area contributed by atoms with E-state index in [-0.39, 0.29) is 0 Å². The highest BCUT2D eigenvalue weighted by Crippen LogP contribution is 2.11. The van der Waals surface area contributed by atoms with Crippen LogP contribution >= 0.6 is 0 Å². The number of hydrogen-bond donors (Lipinski definition) is 1. The molecule has 0 amide bonds. The number of nitrogens with two attached hydrogens (primary N) is 1. The van der Waals surface area contributed by atoms with Crippen LogP contribution in [0.3, 0.4) is 0 Å². The van der Waals surface area contributed by atoms with Crippen molar-refractivity contribution >= 4 is 11.8 Å². The van der Waals surface area contributed by atoms with Gasteiger partial charge in [0.15, 0.2) is 0 Å². The lowest BCUT2D eigenvalue weighted by molar-refractivity contribution is 0.834. The summed E-state index contributed by atoms with van der Waals surface area (Å²) in [6.07, 6.45) is 3.93. The minimum absolute atomic E-state index is 0.529. The summed E-state index contributed by atoms with van der Waals surface area (Å²) in [5.74, 6) is 0.529. The zero-order valence-corrected chi connectivity index (χ0v) is 8.12. The van der Waals surface area contributed by atoms with Crippen LogP contribution < -0.4 is 5.73 Å². The minimum atomic E-state index is 0.529. The van der Waals surface area contributed by atoms with Gasteiger partial charge in [-0.1, -0.05) is 32.0 Å². The third kappa shape index (κ3) is 3.18. The van der Waals surface area contributed by atoms with E-state index in [1.165, 1.54) is 0 Å². The van der Waals surface area contributed by atoms with Gasteiger partial charge in [-0.25, -0.2) is 0 Å². The molecule has 0 unspecified atom stereocenters. The van der Waals surface area contributed by atoms with Crippen LogP contribution in [0.2, 0.25) is 0 Å². The zero-order valence-electron chi connectivity index (χ0n) is 8.12. The predicted molar refractivity (Wildman–Crippen MR) is 58.2 cm³/mol. The average molecular weight is 173 g/mol. The van der Waals surface area contributed by atoms with Crippen LogP contribution in [0.15, 0.2) is 36.1 Å². The number of hydrogen-bond acceptors (Lipinski definition) is 1. The summed E-state index contributed by atoms with van der Waals surface area (Å²) in [6.45, 7) is 4.24. The first kappa shape index (κ1) is 9.63. The zero-order chi connectivity index (χ0) is 9.68. The molecule has 0 fully saturated rings. The number of allylic oxidation sites excluding steroid dienone is 1. The number of rotatable bonds is 2. The van der Waals surface area contributed by atoms with Gasteiger partial charge in [0.1, 0.15) is 0 Å². The van der Waals surface area contributed by atoms with Crippen molar-refractivity contribution in [2.75, 3.05) is 5.73 Å². The van der Waals surface area contributed by atoms with Gasteiger partial charge in [-0.3, -0.25) is 0 Å². The summed E-state index contributed by atoms with van der Waals surface area (Å²) in [5, 5.41) is 0. The Balaban J connectivity index is 2.86. The van der Waals surface area contributed by atoms with Gasteiger partial charge in [0.05, 0.1) is 0 Å². The molecular formula is C12H15N. The second-order valence-electron chi connectivity index (χ2n) is 3.35. The predicted octanol–water partition coefficient (Wildman–Crippen LogP) is 3.09. The highest BCUT2D eigenvalue weighted by Gasteiger charge is 1.89. The van der Waals surface area contributed by atoms with Crippen LogP contribution in [-0.2, 0) is 0 Å². The second kappa shape index (κ2) is 4.54. The fraction of sp³-hybridized carbons (Fsp3) is 0.250. The van der Waals surface area contributed by atoms with Gasteiger partial charge in [-0.2, -0.15) is 0 Å². The molecular weight excluding hydrogens is 158 g/mol. The molecule has 0 bridgehead atoms. The normalized spacial score (nSPS) is 9.46. The van der Waals surface area contributed by atoms with Gasteiger partial charge >= 0.3 is 0 Å². The van der Waals surface area contributed by atoms with Crippen LogP contribution in [0.25, 0.3) is 6.08 Å². The highest BCUT2D eigenvalue weighted by molar-refractivity contribution is 5.63. The third-order valence-electron chi connectivity index (χ3n) is 1.66. The summed E-state index contributed by atoms with van der Waals surface area (Å²) in [5.41, 5.74) is 10.7. The lowest BCUT2D eigenvalue weighted by Gasteiger charge is -1.96. The molecule has 0 saturated carbocycles. The van der Waals surface area contributed by atoms with Crippen molar-refractivity contribution in [1.82, 2.24) is 0 Å². The topological polar surface area (TPSA) is 26.0 Å². The van der Waals surface area contributed by atoms with Gasteiger partial charge in [0, 0.05) is 11.3 Å². The van der Waals surface area contributed by atoms with E-state index < -0.39 is 0 Å². The lowest BCUT2D eigenvalue weighted by atomic mass is 10.1. The molecule has 0 radical (unpaired) electrons. The maximum absolute atomic E-state index is 5.75. The molecule has 0 aliphatic carbocycles. The van der Waals surface area contributed by atoms with Gasteiger partial charge in [-0.15, -0.1) is 5.73 Å². The Kier molecular flexibility index (Phi) is 3.36. The van der Waals surface area contributed by atoms with E-state index in [1.807, 2.05) is 36.4 Å². The van der Waals surface area contributed by atoms with E-state index in [4.69, 9.17) is 5.73 Å². The Hall–Kier alpha value is -1.46. The van der Waals surface area contributed by atoms with Crippen LogP contribution in [0.4, 0.5) is 5.69 Å². The molecule has 1 heteroatoms. The minimum Gasteiger partial charge on any atom is -0.398 e. The molecule has 0 saturated heterocycles. The second-order valence-corrected chi connectivity index (χ2v) is 3.35. The Bertz CT molecular complexity index is 331. The van der Waals surface area contributed by atoms with Crippen molar-refractivity contribution < 1.29 is 0 Å². The molecule has 1 aromatic carbocycles. The van der Waals surface area contributed by atoms with Crippen LogP contribution in [0, 0.1) is 5.92 Å². The Labute approximate surface area is 79.6 Å². The van der Waals surface area contributed by atoms with Crippen LogP contribution in [0.5, 0.6) is 0 Å². The molecule has 1 rings (SSSR count). The summed E-state index contributed by atoms with van der Waals surface area (Å²) >= 11 is 0. The molecule has 0 aromatic heterocycles. The number of benzene rings is 1. The monoisotopic (exact) mass is 173 g/mol. The maximum Gasteiger partial charge on any atom is 0.0393 e. The summed E-state index contributed by atoms with van der Waals surface area (Å²) in [4.78, 5) is 0. The van der Waals surface area contributed by atoms with Crippen molar-refractivity contribution in [2.24, 2.45) is 5.92 Å². The largest absolute Gasteiger partial charge is 0.398 e. The number of anilines is 1. The summed E-state index contributed by atoms with van der Waals surface area (Å²) < 4.78 is 0. The van der Waals surface area contributed by atoms with Crippen molar-refractivity contribution in [3.63, 3.8) is 0 Å². The van der Waals surface area contributed by atoms with E-state index >= 15 is 0 Å². The molecule has 0 atom stereocenters. The van der Waals surface area contributed by atoms with Crippen molar-refractivity contribution in [3.8, 4) is 0 Å². The molecule has 13 heavy (non-hydrogen) atoms. The fourth-order valence-electron chi connectivity index (χ4n) is 0.973. The lowest BCUT2D eigenvalue weighted by Crippen LogP contribution is -1.86. The van der Waals surface area contributed by atoms with E-state index in [2.05, 4.69) is 19.6 Å². The molecule has 2 N–H and O–H groups in total. The van der Waals surface area contributed by atoms with Crippen molar-refractivity contribution in [1.29, 1.82) is 0 Å². The summed E-state index contributed by atoms with van der Waals surface area (Å²) in [7, 11) is 0. The SMILES string of the molecule is CC(C)C=C=Cc1ccccc1N. The maximum atomic E-state index is 5.75. The quantitative estimate of drug-likeness (QED) is 0.539. The number of nitrogen functional groups attached to an aromatic ring is 1. The number of para-hydroxylation sites is 1. The van der Waals surface area contributed by atoms with Crippen molar-refractivity contribution in [3.05, 3.63) is 41.6 Å². The first-order valence-corrected chi connectivity index (χ1v) is 4.47. The van der Waals surface area contributed by atoms with Crippen LogP contribution in [-0.4, -0.2) is 0 Å². The third-order valence-corrected chi connectivity index (χ3v) is 1.66. The van der Waals surface area contributed by atoms with Crippen molar-refractivity contribution in [2.45, 2.75) is 13.8 Å². The van der Waals surface area contributed by atoms with Gasteiger partial charge in [0.25, 0.3) is 0 Å². The van der Waals surface area contributed by atoms with Crippen LogP contribution in [0.1, 0.15) is 19.4 Å². The Morgan fingerprint density at radius 3 is 2.62 bits per heavy atom. The molecule has 0 heterocycles. The van der Waals surface area contributed by atoms with Gasteiger partial charge in [-0.05, 0) is 24.1 Å². The molecule has 1 aromatic rings. The molecule has 68 valence electrons. The molecule has 1 nitrogen and oxygen atoms in total. The van der Waals surface area contributed by atoms with E-state index in [0.29, 0.717) is 5.92 Å². The van der Waals surface area contributed by atoms with E-state index in [9.17, 15) is 0 Å². The van der Waals surface area contributed by atoms with E-state index in [0.717, 1.165) is 11.3 Å². The first-order valence-electron chi connectivity index (χ1n) is 4.47. The summed E-state index contributed by atoms with van der Waals surface area (Å²) in [6, 6.07) is 7.78. The standard InChI is InChI=1S/C12H15N/c1-10(2)6-5-8-11-7-3-4-9-12(11)13/h3-4,6-10H,13H2,1-2H3. The fourth-order valence-corrected chi connectivity index (χ4v) is 0.973. The average Bonchev–Trinajstić information content (AvgIpc) is 2.08. The molecule has 0 aliphatic rings.